The number of likely N-dealkylation sites (tertiary alicyclic amines) is 2. The summed E-state index contributed by atoms with van der Waals surface area (Å²) in [5, 5.41) is 0. The van der Waals surface area contributed by atoms with Crippen LogP contribution in [0.25, 0.3) is 0 Å². The number of rotatable bonds is 9. The van der Waals surface area contributed by atoms with Gasteiger partial charge in [0.15, 0.2) is 0 Å². The zero-order chi connectivity index (χ0) is 28.6. The predicted molar refractivity (Wildman–Crippen MR) is 170 cm³/mol. The third-order valence-corrected chi connectivity index (χ3v) is 8.96. The molecular formula is C38H42N2O2. The number of ether oxygens (including phenoxy) is 1. The third-order valence-electron chi connectivity index (χ3n) is 8.96. The van der Waals surface area contributed by atoms with Crippen LogP contribution in [0.2, 0.25) is 0 Å². The molecule has 6 rings (SSSR count). The maximum absolute atomic E-state index is 13.4. The summed E-state index contributed by atoms with van der Waals surface area (Å²) in [5.74, 6) is 1.89. The largest absolute Gasteiger partial charge is 0.489 e. The van der Waals surface area contributed by atoms with Crippen molar-refractivity contribution in [3.8, 4) is 5.75 Å². The molecule has 2 aliphatic rings. The SMILES string of the molecule is O=C(c1cccc(OC2CCCN(CC(c3ccccc3)c3ccccc3)C2)c1)N1CCC(Cc2ccccc2)CC1. The van der Waals surface area contributed by atoms with E-state index in [-0.39, 0.29) is 12.0 Å². The van der Waals surface area contributed by atoms with Crippen molar-refractivity contribution in [3.05, 3.63) is 138 Å². The van der Waals surface area contributed by atoms with E-state index in [9.17, 15) is 4.79 Å². The second kappa shape index (κ2) is 13.8. The zero-order valence-corrected chi connectivity index (χ0v) is 24.5. The summed E-state index contributed by atoms with van der Waals surface area (Å²) in [7, 11) is 0. The Morgan fingerprint density at radius 2 is 1.38 bits per heavy atom. The standard InChI is InChI=1S/C38H42N2O2/c41-38(40-24-21-31(22-25-40)26-30-12-4-1-5-13-30)34-18-10-19-35(27-34)42-36-20-11-23-39(28-36)29-37(32-14-6-2-7-15-32)33-16-8-3-9-17-33/h1-10,12-19,27,31,36-37H,11,20-26,28-29H2. The predicted octanol–water partition coefficient (Wildman–Crippen LogP) is 7.46. The minimum atomic E-state index is 0.116. The smallest absolute Gasteiger partial charge is 0.253 e. The van der Waals surface area contributed by atoms with E-state index >= 15 is 0 Å². The maximum Gasteiger partial charge on any atom is 0.253 e. The second-order valence-corrected chi connectivity index (χ2v) is 12.0. The lowest BCUT2D eigenvalue weighted by atomic mass is 9.90. The molecule has 2 heterocycles. The third kappa shape index (κ3) is 7.30. The maximum atomic E-state index is 13.4. The average molecular weight is 559 g/mol. The zero-order valence-electron chi connectivity index (χ0n) is 24.5. The fourth-order valence-electron chi connectivity index (χ4n) is 6.67. The lowest BCUT2D eigenvalue weighted by Gasteiger charge is -2.35. The van der Waals surface area contributed by atoms with E-state index in [1.54, 1.807) is 0 Å². The summed E-state index contributed by atoms with van der Waals surface area (Å²) in [5.41, 5.74) is 4.82. The van der Waals surface area contributed by atoms with Crippen LogP contribution in [-0.2, 0) is 6.42 Å². The fourth-order valence-corrected chi connectivity index (χ4v) is 6.67. The molecule has 0 saturated carbocycles. The highest BCUT2D eigenvalue weighted by Gasteiger charge is 2.27. The Labute approximate surface area is 250 Å². The molecule has 2 aliphatic heterocycles. The molecule has 1 amide bonds. The van der Waals surface area contributed by atoms with Crippen LogP contribution in [-0.4, -0.2) is 54.5 Å². The van der Waals surface area contributed by atoms with Crippen molar-refractivity contribution in [1.29, 1.82) is 0 Å². The first-order valence-electron chi connectivity index (χ1n) is 15.6. The number of hydrogen-bond acceptors (Lipinski definition) is 3. The van der Waals surface area contributed by atoms with E-state index < -0.39 is 0 Å². The minimum absolute atomic E-state index is 0.116. The van der Waals surface area contributed by atoms with Gasteiger partial charge in [0.25, 0.3) is 5.91 Å². The summed E-state index contributed by atoms with van der Waals surface area (Å²) < 4.78 is 6.53. The van der Waals surface area contributed by atoms with Crippen LogP contribution in [0.1, 0.15) is 58.6 Å². The molecule has 4 heteroatoms. The van der Waals surface area contributed by atoms with Gasteiger partial charge in [-0.3, -0.25) is 9.69 Å². The quantitative estimate of drug-likeness (QED) is 0.214. The molecule has 4 aromatic rings. The highest BCUT2D eigenvalue weighted by atomic mass is 16.5. The highest BCUT2D eigenvalue weighted by Crippen LogP contribution is 2.29. The molecule has 4 nitrogen and oxygen atoms in total. The van der Waals surface area contributed by atoms with Crippen molar-refractivity contribution in [2.75, 3.05) is 32.7 Å². The number of carbonyl (C=O) groups is 1. The van der Waals surface area contributed by atoms with Gasteiger partial charge in [0, 0.05) is 37.7 Å². The van der Waals surface area contributed by atoms with E-state index in [1.807, 2.05) is 29.2 Å². The molecule has 2 saturated heterocycles. The Balaban J connectivity index is 1.05. The van der Waals surface area contributed by atoms with Gasteiger partial charge in [-0.05, 0) is 79.5 Å². The Kier molecular flexibility index (Phi) is 9.31. The van der Waals surface area contributed by atoms with Gasteiger partial charge in [0.2, 0.25) is 0 Å². The van der Waals surface area contributed by atoms with Crippen molar-refractivity contribution in [3.63, 3.8) is 0 Å². The summed E-state index contributed by atoms with van der Waals surface area (Å²) in [6, 6.07) is 40.2. The van der Waals surface area contributed by atoms with Crippen LogP contribution in [0.5, 0.6) is 5.75 Å². The van der Waals surface area contributed by atoms with E-state index in [0.29, 0.717) is 11.8 Å². The fraction of sp³-hybridized carbons (Fsp3) is 0.342. The lowest BCUT2D eigenvalue weighted by molar-refractivity contribution is 0.0687. The van der Waals surface area contributed by atoms with Gasteiger partial charge in [-0.15, -0.1) is 0 Å². The van der Waals surface area contributed by atoms with E-state index in [2.05, 4.69) is 95.9 Å². The molecule has 0 aliphatic carbocycles. The minimum Gasteiger partial charge on any atom is -0.489 e. The van der Waals surface area contributed by atoms with Crippen LogP contribution < -0.4 is 4.74 Å². The Morgan fingerprint density at radius 1 is 0.738 bits per heavy atom. The van der Waals surface area contributed by atoms with Crippen LogP contribution in [0.3, 0.4) is 0 Å². The average Bonchev–Trinajstić information content (AvgIpc) is 3.05. The van der Waals surface area contributed by atoms with Crippen molar-refractivity contribution in [1.82, 2.24) is 9.80 Å². The van der Waals surface area contributed by atoms with Gasteiger partial charge in [0.05, 0.1) is 0 Å². The topological polar surface area (TPSA) is 32.8 Å². The van der Waals surface area contributed by atoms with Crippen LogP contribution in [0.15, 0.2) is 115 Å². The molecule has 1 atom stereocenters. The molecule has 0 N–H and O–H groups in total. The molecule has 216 valence electrons. The summed E-state index contributed by atoms with van der Waals surface area (Å²) in [4.78, 5) is 18.0. The van der Waals surface area contributed by atoms with Gasteiger partial charge in [-0.2, -0.15) is 0 Å². The van der Waals surface area contributed by atoms with Crippen molar-refractivity contribution >= 4 is 5.91 Å². The number of carbonyl (C=O) groups excluding carboxylic acids is 1. The van der Waals surface area contributed by atoms with Crippen molar-refractivity contribution in [2.24, 2.45) is 5.92 Å². The summed E-state index contributed by atoms with van der Waals surface area (Å²) in [6.07, 6.45) is 5.47. The second-order valence-electron chi connectivity index (χ2n) is 12.0. The first-order valence-corrected chi connectivity index (χ1v) is 15.6. The number of amides is 1. The van der Waals surface area contributed by atoms with Gasteiger partial charge in [-0.1, -0.05) is 97.1 Å². The Hall–Kier alpha value is -3.89. The van der Waals surface area contributed by atoms with E-state index in [4.69, 9.17) is 4.74 Å². The molecule has 1 unspecified atom stereocenters. The number of hydrogen-bond donors (Lipinski definition) is 0. The molecule has 0 aromatic heterocycles. The van der Waals surface area contributed by atoms with Crippen LogP contribution in [0, 0.1) is 5.92 Å². The highest BCUT2D eigenvalue weighted by molar-refractivity contribution is 5.94. The number of nitrogens with zero attached hydrogens (tertiary/aromatic N) is 2. The van der Waals surface area contributed by atoms with Crippen LogP contribution >= 0.6 is 0 Å². The van der Waals surface area contributed by atoms with Gasteiger partial charge in [0.1, 0.15) is 11.9 Å². The van der Waals surface area contributed by atoms with Gasteiger partial charge in [-0.25, -0.2) is 0 Å². The summed E-state index contributed by atoms with van der Waals surface area (Å²) in [6.45, 7) is 4.58. The molecular weight excluding hydrogens is 516 g/mol. The van der Waals surface area contributed by atoms with E-state index in [0.717, 1.165) is 76.1 Å². The lowest BCUT2D eigenvalue weighted by Crippen LogP contribution is -2.43. The first-order chi connectivity index (χ1) is 20.7. The summed E-state index contributed by atoms with van der Waals surface area (Å²) >= 11 is 0. The van der Waals surface area contributed by atoms with Crippen molar-refractivity contribution in [2.45, 2.75) is 44.1 Å². The monoisotopic (exact) mass is 558 g/mol. The Morgan fingerprint density at radius 3 is 2.05 bits per heavy atom. The molecule has 0 bridgehead atoms. The molecule has 2 fully saturated rings. The number of piperidine rings is 2. The first kappa shape index (κ1) is 28.2. The Bertz CT molecular complexity index is 1360. The van der Waals surface area contributed by atoms with Gasteiger partial charge >= 0.3 is 0 Å². The van der Waals surface area contributed by atoms with Crippen molar-refractivity contribution < 1.29 is 9.53 Å². The molecule has 42 heavy (non-hydrogen) atoms. The molecule has 4 aromatic carbocycles. The van der Waals surface area contributed by atoms with Gasteiger partial charge < -0.3 is 9.64 Å². The molecule has 0 radical (unpaired) electrons. The van der Waals surface area contributed by atoms with Crippen LogP contribution in [0.4, 0.5) is 0 Å². The molecule has 0 spiro atoms. The number of benzene rings is 4. The normalized spacial score (nSPS) is 18.2. The van der Waals surface area contributed by atoms with E-state index in [1.165, 1.54) is 16.7 Å².